The maximum atomic E-state index is 13.3. The predicted molar refractivity (Wildman–Crippen MR) is 91.3 cm³/mol. The molecule has 2 amide bonds. The molecule has 2 aromatic carbocycles. The number of carbonyl (C=O) groups is 1. The normalized spacial score (nSPS) is 21.0. The van der Waals surface area contributed by atoms with Gasteiger partial charge in [0.25, 0.3) is 0 Å². The molecule has 1 aliphatic carbocycles. The van der Waals surface area contributed by atoms with Crippen molar-refractivity contribution in [1.29, 1.82) is 0 Å². The maximum Gasteiger partial charge on any atom is 0.319 e. The van der Waals surface area contributed by atoms with Gasteiger partial charge in [-0.25, -0.2) is 9.18 Å². The first-order valence-corrected chi connectivity index (χ1v) is 8.39. The smallest absolute Gasteiger partial charge is 0.319 e. The van der Waals surface area contributed by atoms with Crippen LogP contribution in [0.25, 0.3) is 0 Å². The Morgan fingerprint density at radius 3 is 3.00 bits per heavy atom. The standard InChI is InChI=1S/C19H19FN2O3/c20-12-4-5-14-17(6-7-25-18(14)9-12)22-19(24)21-16-3-1-2-11-8-13(23)10-15(11)16/h1-5,9,13,17,23H,6-8,10H2,(H2,21,22,24)/t13-,17-/m1/s1. The van der Waals surface area contributed by atoms with E-state index in [9.17, 15) is 14.3 Å². The number of ether oxygens (including phenoxy) is 1. The average Bonchev–Trinajstić information content (AvgIpc) is 2.96. The van der Waals surface area contributed by atoms with Crippen LogP contribution in [0.1, 0.15) is 29.2 Å². The van der Waals surface area contributed by atoms with Crippen LogP contribution in [0.3, 0.4) is 0 Å². The molecule has 0 radical (unpaired) electrons. The third-order valence-corrected chi connectivity index (χ3v) is 4.74. The third kappa shape index (κ3) is 3.17. The molecule has 0 spiro atoms. The highest BCUT2D eigenvalue weighted by Crippen LogP contribution is 2.33. The SMILES string of the molecule is O=C(Nc1cccc2c1C[C@H](O)C2)N[C@@H]1CCOc2cc(F)ccc21. The second-order valence-electron chi connectivity index (χ2n) is 6.48. The number of carbonyl (C=O) groups excluding carboxylic acids is 1. The molecule has 0 saturated heterocycles. The predicted octanol–water partition coefficient (Wildman–Crippen LogP) is 2.93. The van der Waals surface area contributed by atoms with E-state index in [-0.39, 0.29) is 17.9 Å². The van der Waals surface area contributed by atoms with E-state index in [1.807, 2.05) is 18.2 Å². The summed E-state index contributed by atoms with van der Waals surface area (Å²) >= 11 is 0. The maximum absolute atomic E-state index is 13.3. The van der Waals surface area contributed by atoms with Crippen molar-refractivity contribution in [2.75, 3.05) is 11.9 Å². The Morgan fingerprint density at radius 2 is 2.12 bits per heavy atom. The fourth-order valence-electron chi connectivity index (χ4n) is 3.58. The van der Waals surface area contributed by atoms with Gasteiger partial charge in [-0.05, 0) is 29.7 Å². The molecule has 2 aliphatic rings. The number of halogens is 1. The lowest BCUT2D eigenvalue weighted by molar-refractivity contribution is 0.187. The number of rotatable bonds is 2. The third-order valence-electron chi connectivity index (χ3n) is 4.74. The first-order valence-electron chi connectivity index (χ1n) is 8.39. The lowest BCUT2D eigenvalue weighted by Crippen LogP contribution is -2.35. The van der Waals surface area contributed by atoms with Gasteiger partial charge in [0.05, 0.1) is 18.8 Å². The largest absolute Gasteiger partial charge is 0.493 e. The average molecular weight is 342 g/mol. The minimum absolute atomic E-state index is 0.230. The van der Waals surface area contributed by atoms with Crippen molar-refractivity contribution >= 4 is 11.7 Å². The quantitative estimate of drug-likeness (QED) is 0.786. The molecule has 0 unspecified atom stereocenters. The molecule has 0 bridgehead atoms. The fourth-order valence-corrected chi connectivity index (χ4v) is 3.58. The Hall–Kier alpha value is -2.60. The van der Waals surface area contributed by atoms with Crippen molar-refractivity contribution in [3.8, 4) is 5.75 Å². The topological polar surface area (TPSA) is 70.6 Å². The van der Waals surface area contributed by atoms with E-state index in [0.717, 1.165) is 22.4 Å². The Morgan fingerprint density at radius 1 is 1.24 bits per heavy atom. The Labute approximate surface area is 144 Å². The van der Waals surface area contributed by atoms with E-state index in [4.69, 9.17) is 4.74 Å². The van der Waals surface area contributed by atoms with Gasteiger partial charge in [-0.2, -0.15) is 0 Å². The van der Waals surface area contributed by atoms with E-state index >= 15 is 0 Å². The molecule has 0 fully saturated rings. The Kier molecular flexibility index (Phi) is 4.05. The van der Waals surface area contributed by atoms with E-state index in [0.29, 0.717) is 31.6 Å². The molecular formula is C19H19FN2O3. The fraction of sp³-hybridized carbons (Fsp3) is 0.316. The Balaban J connectivity index is 1.49. The number of aliphatic hydroxyl groups is 1. The molecule has 1 aliphatic heterocycles. The molecule has 130 valence electrons. The van der Waals surface area contributed by atoms with E-state index in [1.54, 1.807) is 6.07 Å². The minimum Gasteiger partial charge on any atom is -0.493 e. The molecule has 4 rings (SSSR count). The molecule has 1 heterocycles. The van der Waals surface area contributed by atoms with Crippen molar-refractivity contribution in [1.82, 2.24) is 5.32 Å². The highest BCUT2D eigenvalue weighted by molar-refractivity contribution is 5.90. The molecule has 2 aromatic rings. The summed E-state index contributed by atoms with van der Waals surface area (Å²) < 4.78 is 18.8. The van der Waals surface area contributed by atoms with Gasteiger partial charge in [0.15, 0.2) is 0 Å². The van der Waals surface area contributed by atoms with E-state index < -0.39 is 6.10 Å². The van der Waals surface area contributed by atoms with Crippen molar-refractivity contribution in [3.05, 3.63) is 58.9 Å². The van der Waals surface area contributed by atoms with Gasteiger partial charge in [0, 0.05) is 30.2 Å². The van der Waals surface area contributed by atoms with Crippen LogP contribution in [-0.2, 0) is 12.8 Å². The van der Waals surface area contributed by atoms with Crippen molar-refractivity contribution < 1.29 is 19.0 Å². The number of anilines is 1. The van der Waals surface area contributed by atoms with Gasteiger partial charge >= 0.3 is 6.03 Å². The van der Waals surface area contributed by atoms with Gasteiger partial charge in [-0.15, -0.1) is 0 Å². The zero-order chi connectivity index (χ0) is 17.4. The van der Waals surface area contributed by atoms with Crippen LogP contribution in [0.4, 0.5) is 14.9 Å². The van der Waals surface area contributed by atoms with Crippen molar-refractivity contribution in [2.24, 2.45) is 0 Å². The van der Waals surface area contributed by atoms with Gasteiger partial charge in [-0.1, -0.05) is 18.2 Å². The number of aliphatic hydroxyl groups excluding tert-OH is 1. The van der Waals surface area contributed by atoms with Gasteiger partial charge in [0.2, 0.25) is 0 Å². The number of hydrogen-bond acceptors (Lipinski definition) is 3. The summed E-state index contributed by atoms with van der Waals surface area (Å²) in [6.45, 7) is 0.425. The van der Waals surface area contributed by atoms with Crippen molar-refractivity contribution in [3.63, 3.8) is 0 Å². The van der Waals surface area contributed by atoms with Crippen LogP contribution in [0.2, 0.25) is 0 Å². The highest BCUT2D eigenvalue weighted by atomic mass is 19.1. The molecular weight excluding hydrogens is 323 g/mol. The Bertz CT molecular complexity index is 824. The molecule has 0 aromatic heterocycles. The zero-order valence-corrected chi connectivity index (χ0v) is 13.6. The summed E-state index contributed by atoms with van der Waals surface area (Å²) in [5, 5.41) is 15.6. The second kappa shape index (κ2) is 6.37. The highest BCUT2D eigenvalue weighted by Gasteiger charge is 2.25. The number of nitrogens with one attached hydrogen (secondary N) is 2. The van der Waals surface area contributed by atoms with Crippen molar-refractivity contribution in [2.45, 2.75) is 31.4 Å². The number of amides is 2. The van der Waals surface area contributed by atoms with Crippen LogP contribution < -0.4 is 15.4 Å². The van der Waals surface area contributed by atoms with E-state index in [2.05, 4.69) is 10.6 Å². The van der Waals surface area contributed by atoms with Gasteiger partial charge in [0.1, 0.15) is 11.6 Å². The number of hydrogen-bond donors (Lipinski definition) is 3. The summed E-state index contributed by atoms with van der Waals surface area (Å²) in [6, 6.07) is 9.48. The number of benzene rings is 2. The molecule has 0 saturated carbocycles. The lowest BCUT2D eigenvalue weighted by atomic mass is 10.0. The first-order chi connectivity index (χ1) is 12.1. The van der Waals surface area contributed by atoms with Crippen LogP contribution >= 0.6 is 0 Å². The zero-order valence-electron chi connectivity index (χ0n) is 13.6. The molecule has 6 heteroatoms. The molecule has 25 heavy (non-hydrogen) atoms. The summed E-state index contributed by atoms with van der Waals surface area (Å²) in [4.78, 5) is 12.4. The summed E-state index contributed by atoms with van der Waals surface area (Å²) in [7, 11) is 0. The summed E-state index contributed by atoms with van der Waals surface area (Å²) in [5.74, 6) is 0.113. The van der Waals surface area contributed by atoms with Crippen LogP contribution in [0, 0.1) is 5.82 Å². The summed E-state index contributed by atoms with van der Waals surface area (Å²) in [6.07, 6.45) is 1.40. The monoisotopic (exact) mass is 342 g/mol. The van der Waals surface area contributed by atoms with Gasteiger partial charge in [-0.3, -0.25) is 0 Å². The molecule has 3 N–H and O–H groups in total. The van der Waals surface area contributed by atoms with Crippen LogP contribution in [0.5, 0.6) is 5.75 Å². The summed E-state index contributed by atoms with van der Waals surface area (Å²) in [5.41, 5.74) is 3.55. The van der Waals surface area contributed by atoms with Gasteiger partial charge < -0.3 is 20.5 Å². The lowest BCUT2D eigenvalue weighted by Gasteiger charge is -2.27. The molecule has 2 atom stereocenters. The second-order valence-corrected chi connectivity index (χ2v) is 6.48. The van der Waals surface area contributed by atoms with E-state index in [1.165, 1.54) is 12.1 Å². The van der Waals surface area contributed by atoms with Crippen LogP contribution in [0.15, 0.2) is 36.4 Å². The first kappa shape index (κ1) is 15.9. The number of urea groups is 1. The molecule has 5 nitrogen and oxygen atoms in total. The van der Waals surface area contributed by atoms with Crippen LogP contribution in [-0.4, -0.2) is 23.8 Å². The number of fused-ring (bicyclic) bond motifs is 2. The minimum atomic E-state index is -0.390.